The highest BCUT2D eigenvalue weighted by molar-refractivity contribution is 7.80. The Morgan fingerprint density at radius 2 is 1.85 bits per heavy atom. The topological polar surface area (TPSA) is 88.0 Å². The molecule has 0 saturated carbocycles. The lowest BCUT2D eigenvalue weighted by Crippen LogP contribution is -2.53. The molecule has 0 aliphatic carbocycles. The Kier molecular flexibility index (Phi) is 7.36. The summed E-state index contributed by atoms with van der Waals surface area (Å²) in [5.41, 5.74) is -0.688. The first-order valence-corrected chi connectivity index (χ1v) is 10.3. The van der Waals surface area contributed by atoms with Crippen LogP contribution in [-0.4, -0.2) is 53.6 Å². The van der Waals surface area contributed by atoms with E-state index in [2.05, 4.69) is 5.32 Å². The molecule has 1 aliphatic heterocycles. The van der Waals surface area contributed by atoms with Crippen LogP contribution in [0.1, 0.15) is 11.1 Å². The van der Waals surface area contributed by atoms with Crippen molar-refractivity contribution < 1.29 is 27.6 Å². The number of benzene rings is 2. The van der Waals surface area contributed by atoms with Crippen LogP contribution in [0.2, 0.25) is 0 Å². The highest BCUT2D eigenvalue weighted by atomic mass is 32.1. The summed E-state index contributed by atoms with van der Waals surface area (Å²) in [6.07, 6.45) is -4.67. The van der Waals surface area contributed by atoms with Gasteiger partial charge in [0.1, 0.15) is 11.4 Å². The summed E-state index contributed by atoms with van der Waals surface area (Å²) >= 11 is 5.27. The van der Waals surface area contributed by atoms with Crippen molar-refractivity contribution in [3.05, 3.63) is 63.7 Å². The molecular formula is C21H21F3N4O4S. The molecule has 2 aromatic carbocycles. The third kappa shape index (κ3) is 6.09. The minimum absolute atomic E-state index is 0.106. The van der Waals surface area contributed by atoms with Crippen LogP contribution < -0.4 is 15.0 Å². The molecule has 1 amide bonds. The van der Waals surface area contributed by atoms with E-state index in [-0.39, 0.29) is 30.5 Å². The summed E-state index contributed by atoms with van der Waals surface area (Å²) in [5, 5.41) is 14.1. The zero-order valence-corrected chi connectivity index (χ0v) is 18.4. The van der Waals surface area contributed by atoms with Crippen molar-refractivity contribution in [2.24, 2.45) is 0 Å². The van der Waals surface area contributed by atoms with Crippen molar-refractivity contribution in [3.63, 3.8) is 0 Å². The molecular weight excluding hydrogens is 461 g/mol. The van der Waals surface area contributed by atoms with Gasteiger partial charge in [0.15, 0.2) is 11.7 Å². The highest BCUT2D eigenvalue weighted by Crippen LogP contribution is 2.36. The number of carbonyl (C=O) groups is 1. The fourth-order valence-corrected chi connectivity index (χ4v) is 3.66. The Bertz CT molecular complexity index is 1060. The molecule has 1 fully saturated rings. The van der Waals surface area contributed by atoms with Crippen LogP contribution in [0.15, 0.2) is 42.5 Å². The Morgan fingerprint density at radius 3 is 2.45 bits per heavy atom. The molecule has 3 rings (SSSR count). The maximum absolute atomic E-state index is 12.9. The van der Waals surface area contributed by atoms with Gasteiger partial charge in [-0.15, -0.1) is 0 Å². The predicted octanol–water partition coefficient (Wildman–Crippen LogP) is 3.52. The van der Waals surface area contributed by atoms with Crippen molar-refractivity contribution in [1.82, 2.24) is 10.2 Å². The van der Waals surface area contributed by atoms with Gasteiger partial charge in [0.2, 0.25) is 0 Å². The fourth-order valence-electron chi connectivity index (χ4n) is 3.36. The van der Waals surface area contributed by atoms with Crippen LogP contribution in [0, 0.1) is 17.0 Å². The van der Waals surface area contributed by atoms with Crippen LogP contribution in [0.25, 0.3) is 0 Å². The number of piperazine rings is 1. The summed E-state index contributed by atoms with van der Waals surface area (Å²) in [5.74, 6) is 0.161. The van der Waals surface area contributed by atoms with Crippen LogP contribution in [0.4, 0.5) is 24.5 Å². The van der Waals surface area contributed by atoms with Crippen LogP contribution in [0.3, 0.4) is 0 Å². The lowest BCUT2D eigenvalue weighted by atomic mass is 10.1. The number of nitro groups is 1. The number of hydrogen-bond donors (Lipinski definition) is 1. The summed E-state index contributed by atoms with van der Waals surface area (Å²) in [7, 11) is 0. The predicted molar refractivity (Wildman–Crippen MR) is 119 cm³/mol. The van der Waals surface area contributed by atoms with Gasteiger partial charge >= 0.3 is 6.18 Å². The van der Waals surface area contributed by atoms with E-state index in [0.29, 0.717) is 24.9 Å². The quantitative estimate of drug-likeness (QED) is 0.396. The first-order chi connectivity index (χ1) is 15.6. The van der Waals surface area contributed by atoms with Gasteiger partial charge in [-0.1, -0.05) is 18.2 Å². The number of thiocarbonyl (C=S) groups is 1. The molecule has 8 nitrogen and oxygen atoms in total. The number of para-hydroxylation sites is 1. The third-order valence-electron chi connectivity index (χ3n) is 5.11. The van der Waals surface area contributed by atoms with E-state index in [1.54, 1.807) is 21.9 Å². The molecule has 33 heavy (non-hydrogen) atoms. The van der Waals surface area contributed by atoms with E-state index in [9.17, 15) is 28.1 Å². The van der Waals surface area contributed by atoms with Crippen molar-refractivity contribution >= 4 is 34.6 Å². The number of halogens is 3. The Hall–Kier alpha value is -3.41. The van der Waals surface area contributed by atoms with E-state index in [1.165, 1.54) is 0 Å². The first kappa shape index (κ1) is 24.2. The van der Waals surface area contributed by atoms with Gasteiger partial charge < -0.3 is 19.9 Å². The first-order valence-electron chi connectivity index (χ1n) is 9.94. The van der Waals surface area contributed by atoms with E-state index >= 15 is 0 Å². The lowest BCUT2D eigenvalue weighted by molar-refractivity contribution is -0.384. The number of carbonyl (C=O) groups excluding carboxylic acids is 1. The van der Waals surface area contributed by atoms with Crippen LogP contribution in [0.5, 0.6) is 5.75 Å². The molecule has 0 bridgehead atoms. The highest BCUT2D eigenvalue weighted by Gasteiger charge is 2.34. The van der Waals surface area contributed by atoms with Gasteiger partial charge in [0.05, 0.1) is 10.5 Å². The van der Waals surface area contributed by atoms with Crippen molar-refractivity contribution in [3.8, 4) is 5.75 Å². The van der Waals surface area contributed by atoms with Gasteiger partial charge in [-0.2, -0.15) is 13.2 Å². The smallest absolute Gasteiger partial charge is 0.416 e. The number of amides is 1. The third-order valence-corrected chi connectivity index (χ3v) is 5.47. The van der Waals surface area contributed by atoms with Crippen LogP contribution in [-0.2, 0) is 11.0 Å². The second-order valence-electron chi connectivity index (χ2n) is 7.34. The van der Waals surface area contributed by atoms with Crippen molar-refractivity contribution in [1.29, 1.82) is 0 Å². The molecule has 12 heteroatoms. The number of aryl methyl sites for hydroxylation is 1. The van der Waals surface area contributed by atoms with E-state index in [1.807, 2.05) is 19.1 Å². The number of rotatable bonds is 5. The molecule has 176 valence electrons. The average molecular weight is 482 g/mol. The SMILES string of the molecule is Cc1ccccc1OCC(=O)NC(=S)N1CCN(c2ccc(C(F)(F)F)cc2[N+](=O)[O-])CC1. The molecule has 0 atom stereocenters. The lowest BCUT2D eigenvalue weighted by Gasteiger charge is -2.37. The number of ether oxygens (including phenoxy) is 1. The number of alkyl halides is 3. The van der Waals surface area contributed by atoms with Gasteiger partial charge in [-0.25, -0.2) is 0 Å². The molecule has 1 aliphatic rings. The zero-order valence-electron chi connectivity index (χ0n) is 17.6. The Balaban J connectivity index is 1.56. The van der Waals surface area contributed by atoms with Gasteiger partial charge in [0.25, 0.3) is 11.6 Å². The maximum Gasteiger partial charge on any atom is 0.416 e. The van der Waals surface area contributed by atoms with Crippen molar-refractivity contribution in [2.45, 2.75) is 13.1 Å². The summed E-state index contributed by atoms with van der Waals surface area (Å²) < 4.78 is 44.2. The Morgan fingerprint density at radius 1 is 1.18 bits per heavy atom. The monoisotopic (exact) mass is 482 g/mol. The minimum Gasteiger partial charge on any atom is -0.483 e. The van der Waals surface area contributed by atoms with E-state index < -0.39 is 28.3 Å². The molecule has 0 unspecified atom stereocenters. The van der Waals surface area contributed by atoms with Crippen LogP contribution >= 0.6 is 12.2 Å². The minimum atomic E-state index is -4.67. The van der Waals surface area contributed by atoms with E-state index in [4.69, 9.17) is 17.0 Å². The molecule has 0 aromatic heterocycles. The molecule has 0 spiro atoms. The van der Waals surface area contributed by atoms with Gasteiger partial charge in [-0.05, 0) is 42.9 Å². The maximum atomic E-state index is 12.9. The standard InChI is InChI=1S/C21H21F3N4O4S/c1-14-4-2-3-5-18(14)32-13-19(29)25-20(33)27-10-8-26(9-11-27)16-7-6-15(21(22,23)24)12-17(16)28(30)31/h2-7,12H,8-11,13H2,1H3,(H,25,29,33). The zero-order chi connectivity index (χ0) is 24.2. The van der Waals surface area contributed by atoms with Gasteiger partial charge in [-0.3, -0.25) is 14.9 Å². The number of hydrogen-bond acceptors (Lipinski definition) is 6. The van der Waals surface area contributed by atoms with Crippen molar-refractivity contribution in [2.75, 3.05) is 37.7 Å². The summed E-state index contributed by atoms with van der Waals surface area (Å²) in [4.78, 5) is 26.0. The summed E-state index contributed by atoms with van der Waals surface area (Å²) in [6, 6.07) is 9.75. The van der Waals surface area contributed by atoms with Gasteiger partial charge in [0, 0.05) is 32.2 Å². The normalized spacial score (nSPS) is 14.1. The summed E-state index contributed by atoms with van der Waals surface area (Å²) in [6.45, 7) is 2.86. The number of nitrogens with zero attached hydrogens (tertiary/aromatic N) is 3. The molecule has 1 saturated heterocycles. The number of anilines is 1. The second-order valence-corrected chi connectivity index (χ2v) is 7.73. The average Bonchev–Trinajstić information content (AvgIpc) is 2.77. The number of nitro benzene ring substituents is 1. The molecule has 1 heterocycles. The fraction of sp³-hybridized carbons (Fsp3) is 0.333. The second kappa shape index (κ2) is 10.0. The molecule has 2 aromatic rings. The van der Waals surface area contributed by atoms with E-state index in [0.717, 1.165) is 17.7 Å². The number of nitrogens with one attached hydrogen (secondary N) is 1. The molecule has 0 radical (unpaired) electrons. The largest absolute Gasteiger partial charge is 0.483 e. The Labute approximate surface area is 193 Å². The molecule has 1 N–H and O–H groups in total.